The number of methoxy groups -OCH3 is 2. The summed E-state index contributed by atoms with van der Waals surface area (Å²) in [6.07, 6.45) is 0. The summed E-state index contributed by atoms with van der Waals surface area (Å²) in [6, 6.07) is 7.78. The molecule has 4 nitrogen and oxygen atoms in total. The zero-order valence-corrected chi connectivity index (χ0v) is 10.5. The number of hydrogen-bond donors (Lipinski definition) is 1. The Morgan fingerprint density at radius 2 is 1.82 bits per heavy atom. The first-order valence-corrected chi connectivity index (χ1v) is 5.55. The third kappa shape index (κ3) is 4.54. The maximum absolute atomic E-state index is 11.2. The number of nitrogens with one attached hydrogen (secondary N) is 1. The maximum Gasteiger partial charge on any atom is 0.322 e. The first-order valence-electron chi connectivity index (χ1n) is 5.55. The molecule has 0 saturated carbocycles. The first-order chi connectivity index (χ1) is 8.17. The van der Waals surface area contributed by atoms with Crippen LogP contribution < -0.4 is 5.32 Å². The molecule has 1 aromatic rings. The Labute approximate surface area is 102 Å². The molecule has 0 aliphatic rings. The van der Waals surface area contributed by atoms with Crippen LogP contribution in [0.25, 0.3) is 0 Å². The highest BCUT2D eigenvalue weighted by molar-refractivity contribution is 5.75. The molecular weight excluding hydrogens is 218 g/mol. The van der Waals surface area contributed by atoms with Gasteiger partial charge in [0.2, 0.25) is 0 Å². The minimum absolute atomic E-state index is 0.249. The molecule has 1 atom stereocenters. The molecular formula is C13H19NO3. The van der Waals surface area contributed by atoms with Crippen LogP contribution in [0, 0.1) is 0 Å². The fourth-order valence-electron chi connectivity index (χ4n) is 1.45. The standard InChI is InChI=1S/C13H19NO3/c1-10(13(15)17-3)14-8-11-4-6-12(7-5-11)9-16-2/h4-7,10,14H,8-9H2,1-3H3/t10-/m1/s1. The van der Waals surface area contributed by atoms with Crippen LogP contribution >= 0.6 is 0 Å². The van der Waals surface area contributed by atoms with Crippen molar-refractivity contribution < 1.29 is 14.3 Å². The second kappa shape index (κ2) is 7.04. The monoisotopic (exact) mass is 237 g/mol. The van der Waals surface area contributed by atoms with Gasteiger partial charge in [-0.1, -0.05) is 24.3 Å². The second-order valence-corrected chi connectivity index (χ2v) is 3.88. The van der Waals surface area contributed by atoms with Gasteiger partial charge in [-0.15, -0.1) is 0 Å². The summed E-state index contributed by atoms with van der Waals surface area (Å²) in [7, 11) is 3.06. The molecule has 0 saturated heterocycles. The van der Waals surface area contributed by atoms with Gasteiger partial charge in [-0.05, 0) is 18.1 Å². The largest absolute Gasteiger partial charge is 0.468 e. The van der Waals surface area contributed by atoms with Crippen LogP contribution in [0.2, 0.25) is 0 Å². The molecule has 1 rings (SSSR count). The number of benzene rings is 1. The zero-order chi connectivity index (χ0) is 12.7. The molecule has 0 fully saturated rings. The lowest BCUT2D eigenvalue weighted by molar-refractivity contribution is -0.142. The van der Waals surface area contributed by atoms with E-state index in [1.165, 1.54) is 7.11 Å². The second-order valence-electron chi connectivity index (χ2n) is 3.88. The van der Waals surface area contributed by atoms with Crippen LogP contribution in [-0.2, 0) is 27.4 Å². The van der Waals surface area contributed by atoms with Gasteiger partial charge < -0.3 is 14.8 Å². The number of ether oxygens (including phenoxy) is 2. The Morgan fingerprint density at radius 1 is 1.24 bits per heavy atom. The summed E-state index contributed by atoms with van der Waals surface area (Å²) in [5, 5.41) is 3.10. The maximum atomic E-state index is 11.2. The Morgan fingerprint density at radius 3 is 2.35 bits per heavy atom. The fourth-order valence-corrected chi connectivity index (χ4v) is 1.45. The molecule has 0 unspecified atom stereocenters. The number of esters is 1. The molecule has 1 N–H and O–H groups in total. The predicted octanol–water partition coefficient (Wildman–Crippen LogP) is 1.48. The lowest BCUT2D eigenvalue weighted by Gasteiger charge is -2.11. The van der Waals surface area contributed by atoms with E-state index in [1.54, 1.807) is 14.0 Å². The van der Waals surface area contributed by atoms with Crippen molar-refractivity contribution in [1.29, 1.82) is 0 Å². The van der Waals surface area contributed by atoms with Crippen molar-refractivity contribution in [2.75, 3.05) is 14.2 Å². The van der Waals surface area contributed by atoms with Crippen LogP contribution in [0.15, 0.2) is 24.3 Å². The highest BCUT2D eigenvalue weighted by Crippen LogP contribution is 2.05. The van der Waals surface area contributed by atoms with Gasteiger partial charge in [0.25, 0.3) is 0 Å². The quantitative estimate of drug-likeness (QED) is 0.761. The topological polar surface area (TPSA) is 47.6 Å². The van der Waals surface area contributed by atoms with Crippen molar-refractivity contribution in [2.45, 2.75) is 26.1 Å². The van der Waals surface area contributed by atoms with Gasteiger partial charge in [0, 0.05) is 13.7 Å². The molecule has 1 aromatic carbocycles. The number of hydrogen-bond acceptors (Lipinski definition) is 4. The number of carbonyl (C=O) groups excluding carboxylic acids is 1. The van der Waals surface area contributed by atoms with Gasteiger partial charge in [-0.2, -0.15) is 0 Å². The van der Waals surface area contributed by atoms with Gasteiger partial charge in [0.1, 0.15) is 6.04 Å². The van der Waals surface area contributed by atoms with Crippen LogP contribution in [0.5, 0.6) is 0 Å². The average Bonchev–Trinajstić information content (AvgIpc) is 2.37. The van der Waals surface area contributed by atoms with Crippen LogP contribution in [0.4, 0.5) is 0 Å². The van der Waals surface area contributed by atoms with Gasteiger partial charge >= 0.3 is 5.97 Å². The van der Waals surface area contributed by atoms with Crippen molar-refractivity contribution in [1.82, 2.24) is 5.32 Å². The smallest absolute Gasteiger partial charge is 0.322 e. The molecule has 0 heterocycles. The summed E-state index contributed by atoms with van der Waals surface area (Å²) >= 11 is 0. The summed E-state index contributed by atoms with van der Waals surface area (Å²) in [6.45, 7) is 3.04. The molecule has 94 valence electrons. The predicted molar refractivity (Wildman–Crippen MR) is 65.5 cm³/mol. The number of carbonyl (C=O) groups is 1. The fraction of sp³-hybridized carbons (Fsp3) is 0.462. The molecule has 0 aliphatic carbocycles. The van der Waals surface area contributed by atoms with E-state index in [-0.39, 0.29) is 12.0 Å². The van der Waals surface area contributed by atoms with Gasteiger partial charge in [-0.25, -0.2) is 0 Å². The molecule has 4 heteroatoms. The molecule has 0 radical (unpaired) electrons. The molecule has 0 bridgehead atoms. The summed E-state index contributed by atoms with van der Waals surface area (Å²) in [5.74, 6) is -0.249. The van der Waals surface area contributed by atoms with Crippen LogP contribution in [0.1, 0.15) is 18.1 Å². The lowest BCUT2D eigenvalue weighted by atomic mass is 10.1. The zero-order valence-electron chi connectivity index (χ0n) is 10.5. The normalized spacial score (nSPS) is 12.2. The lowest BCUT2D eigenvalue weighted by Crippen LogP contribution is -2.34. The average molecular weight is 237 g/mol. The van der Waals surface area contributed by atoms with Crippen molar-refractivity contribution in [2.24, 2.45) is 0 Å². The first kappa shape index (κ1) is 13.7. The van der Waals surface area contributed by atoms with Crippen molar-refractivity contribution in [3.8, 4) is 0 Å². The van der Waals surface area contributed by atoms with E-state index < -0.39 is 0 Å². The van der Waals surface area contributed by atoms with E-state index in [1.807, 2.05) is 24.3 Å². The van der Waals surface area contributed by atoms with Gasteiger partial charge in [-0.3, -0.25) is 4.79 Å². The summed E-state index contributed by atoms with van der Waals surface area (Å²) in [5.41, 5.74) is 2.26. The Bertz CT molecular complexity index is 348. The number of rotatable bonds is 6. The van der Waals surface area contributed by atoms with E-state index in [2.05, 4.69) is 10.1 Å². The van der Waals surface area contributed by atoms with E-state index in [4.69, 9.17) is 4.74 Å². The molecule has 0 aromatic heterocycles. The van der Waals surface area contributed by atoms with Crippen LogP contribution in [0.3, 0.4) is 0 Å². The van der Waals surface area contributed by atoms with Crippen LogP contribution in [-0.4, -0.2) is 26.2 Å². The van der Waals surface area contributed by atoms with E-state index in [0.717, 1.165) is 11.1 Å². The minimum Gasteiger partial charge on any atom is -0.468 e. The Balaban J connectivity index is 2.44. The summed E-state index contributed by atoms with van der Waals surface area (Å²) in [4.78, 5) is 11.2. The third-order valence-electron chi connectivity index (χ3n) is 2.50. The SMILES string of the molecule is COCc1ccc(CN[C@H](C)C(=O)OC)cc1. The van der Waals surface area contributed by atoms with Crippen molar-refractivity contribution >= 4 is 5.97 Å². The minimum atomic E-state index is -0.293. The van der Waals surface area contributed by atoms with Gasteiger partial charge in [0.15, 0.2) is 0 Å². The van der Waals surface area contributed by atoms with Crippen molar-refractivity contribution in [3.63, 3.8) is 0 Å². The van der Waals surface area contributed by atoms with Gasteiger partial charge in [0.05, 0.1) is 13.7 Å². The third-order valence-corrected chi connectivity index (χ3v) is 2.50. The highest BCUT2D eigenvalue weighted by Gasteiger charge is 2.11. The molecule has 17 heavy (non-hydrogen) atoms. The van der Waals surface area contributed by atoms with Crippen molar-refractivity contribution in [3.05, 3.63) is 35.4 Å². The highest BCUT2D eigenvalue weighted by atomic mass is 16.5. The van der Waals surface area contributed by atoms with E-state index in [9.17, 15) is 4.79 Å². The molecule has 0 aliphatic heterocycles. The Kier molecular flexibility index (Phi) is 5.66. The summed E-state index contributed by atoms with van der Waals surface area (Å²) < 4.78 is 9.67. The molecule has 0 spiro atoms. The molecule has 0 amide bonds. The van der Waals surface area contributed by atoms with E-state index >= 15 is 0 Å². The van der Waals surface area contributed by atoms with E-state index in [0.29, 0.717) is 13.2 Å². The Hall–Kier alpha value is -1.39.